The van der Waals surface area contributed by atoms with Crippen LogP contribution in [0.5, 0.6) is 0 Å². The molecule has 0 heterocycles. The summed E-state index contributed by atoms with van der Waals surface area (Å²) in [5.41, 5.74) is 0. The molecular formula is C47H76O5. The van der Waals surface area contributed by atoms with Crippen LogP contribution in [0.3, 0.4) is 0 Å². The van der Waals surface area contributed by atoms with Crippen molar-refractivity contribution in [2.45, 2.75) is 174 Å². The Bertz CT molecular complexity index is 1040. The Morgan fingerprint density at radius 3 is 1.25 bits per heavy atom. The first kappa shape index (κ1) is 48.8. The average Bonchev–Trinajstić information content (AvgIpc) is 3.15. The molecule has 0 spiro atoms. The number of aliphatic hydroxyl groups is 1. The second-order valence-corrected chi connectivity index (χ2v) is 13.3. The van der Waals surface area contributed by atoms with Gasteiger partial charge in [-0.1, -0.05) is 175 Å². The lowest BCUT2D eigenvalue weighted by atomic mass is 10.1. The molecule has 1 N–H and O–H groups in total. The third kappa shape index (κ3) is 39.6. The first-order valence-electron chi connectivity index (χ1n) is 20.8. The molecule has 1 atom stereocenters. The zero-order valence-corrected chi connectivity index (χ0v) is 33.3. The summed E-state index contributed by atoms with van der Waals surface area (Å²) >= 11 is 0. The Kier molecular flexibility index (Phi) is 39.7. The predicted octanol–water partition coefficient (Wildman–Crippen LogP) is 13.3. The molecule has 0 fully saturated rings. The van der Waals surface area contributed by atoms with E-state index in [4.69, 9.17) is 9.47 Å². The molecule has 52 heavy (non-hydrogen) atoms. The van der Waals surface area contributed by atoms with Crippen LogP contribution in [0, 0.1) is 0 Å². The highest BCUT2D eigenvalue weighted by Crippen LogP contribution is 2.12. The smallest absolute Gasteiger partial charge is 0.306 e. The van der Waals surface area contributed by atoms with Crippen LogP contribution >= 0.6 is 0 Å². The van der Waals surface area contributed by atoms with E-state index in [2.05, 4.69) is 111 Å². The maximum absolute atomic E-state index is 12.1. The highest BCUT2D eigenvalue weighted by Gasteiger charge is 2.16. The van der Waals surface area contributed by atoms with Crippen molar-refractivity contribution in [3.63, 3.8) is 0 Å². The maximum Gasteiger partial charge on any atom is 0.306 e. The van der Waals surface area contributed by atoms with Crippen LogP contribution < -0.4 is 0 Å². The van der Waals surface area contributed by atoms with Crippen LogP contribution in [0.4, 0.5) is 0 Å². The van der Waals surface area contributed by atoms with Gasteiger partial charge in [0.2, 0.25) is 0 Å². The Morgan fingerprint density at radius 1 is 0.462 bits per heavy atom. The van der Waals surface area contributed by atoms with Gasteiger partial charge in [-0.3, -0.25) is 9.59 Å². The molecule has 0 aromatic rings. The summed E-state index contributed by atoms with van der Waals surface area (Å²) < 4.78 is 10.5. The van der Waals surface area contributed by atoms with Crippen molar-refractivity contribution in [3.05, 3.63) is 97.2 Å². The zero-order chi connectivity index (χ0) is 37.8. The largest absolute Gasteiger partial charge is 0.462 e. The number of rotatable bonds is 36. The molecule has 0 saturated carbocycles. The van der Waals surface area contributed by atoms with Crippen LogP contribution in [0.25, 0.3) is 0 Å². The summed E-state index contributed by atoms with van der Waals surface area (Å²) in [6.45, 7) is 3.94. The fourth-order valence-electron chi connectivity index (χ4n) is 5.27. The molecule has 0 bridgehead atoms. The van der Waals surface area contributed by atoms with Gasteiger partial charge in [0, 0.05) is 12.8 Å². The van der Waals surface area contributed by atoms with Gasteiger partial charge < -0.3 is 14.6 Å². The highest BCUT2D eigenvalue weighted by atomic mass is 16.6. The summed E-state index contributed by atoms with van der Waals surface area (Å²) in [7, 11) is 0. The standard InChI is InChI=1S/C47H76O5/c1-3-5-7-9-11-12-13-14-15-16-17-18-19-20-21-22-23-24-25-26-27-28-29-30-31-32-33-34-36-38-40-42-47(50)52-45(43-48)44-51-46(49)41-39-37-35-10-8-6-4-2/h5,7,11-12,14-15,17-18,20-21,23-24,26-27,29-30,45,48H,3-4,6,8-10,13,16,19,22,25,28,31-44H2,1-2H3/b7-5-,12-11-,15-14-,18-17-,21-20-,24-23-,27-26-,30-29-. The molecular weight excluding hydrogens is 645 g/mol. The van der Waals surface area contributed by atoms with Gasteiger partial charge in [-0.2, -0.15) is 0 Å². The van der Waals surface area contributed by atoms with Gasteiger partial charge in [0.05, 0.1) is 6.61 Å². The molecule has 0 radical (unpaired) electrons. The molecule has 1 unspecified atom stereocenters. The SMILES string of the molecule is CC/C=C\C/C=C\C/C=C\C/C=C\C/C=C\C/C=C\C/C=C\C/C=C\CCCCCCCCC(=O)OC(CO)COC(=O)CCCCCCCCC. The number of hydrogen-bond acceptors (Lipinski definition) is 5. The van der Waals surface area contributed by atoms with E-state index < -0.39 is 6.10 Å². The van der Waals surface area contributed by atoms with E-state index >= 15 is 0 Å². The van der Waals surface area contributed by atoms with Crippen LogP contribution in [-0.4, -0.2) is 36.4 Å². The van der Waals surface area contributed by atoms with Crippen molar-refractivity contribution in [2.75, 3.05) is 13.2 Å². The molecule has 294 valence electrons. The van der Waals surface area contributed by atoms with Crippen molar-refractivity contribution >= 4 is 11.9 Å². The molecule has 0 aromatic heterocycles. The number of allylic oxidation sites excluding steroid dienone is 16. The lowest BCUT2D eigenvalue weighted by Crippen LogP contribution is -2.28. The Morgan fingerprint density at radius 2 is 0.827 bits per heavy atom. The summed E-state index contributed by atoms with van der Waals surface area (Å²) in [4.78, 5) is 24.1. The molecule has 0 aliphatic heterocycles. The Balaban J connectivity index is 3.63. The van der Waals surface area contributed by atoms with Crippen molar-refractivity contribution in [1.82, 2.24) is 0 Å². The second kappa shape index (κ2) is 42.2. The third-order valence-corrected chi connectivity index (χ3v) is 8.39. The van der Waals surface area contributed by atoms with Gasteiger partial charge >= 0.3 is 11.9 Å². The first-order valence-corrected chi connectivity index (χ1v) is 20.8. The summed E-state index contributed by atoms with van der Waals surface area (Å²) in [6.07, 6.45) is 59.2. The highest BCUT2D eigenvalue weighted by molar-refractivity contribution is 5.70. The predicted molar refractivity (Wildman–Crippen MR) is 223 cm³/mol. The number of carbonyl (C=O) groups excluding carboxylic acids is 2. The molecule has 0 rings (SSSR count). The number of ether oxygens (including phenoxy) is 2. The maximum atomic E-state index is 12.1. The number of carbonyl (C=O) groups is 2. The summed E-state index contributed by atoms with van der Waals surface area (Å²) in [5, 5.41) is 9.51. The summed E-state index contributed by atoms with van der Waals surface area (Å²) in [5.74, 6) is -0.623. The van der Waals surface area contributed by atoms with Crippen LogP contribution in [0.2, 0.25) is 0 Å². The Labute approximate surface area is 319 Å². The third-order valence-electron chi connectivity index (χ3n) is 8.39. The van der Waals surface area contributed by atoms with Gasteiger partial charge in [0.25, 0.3) is 0 Å². The lowest BCUT2D eigenvalue weighted by molar-refractivity contribution is -0.161. The molecule has 0 amide bonds. The van der Waals surface area contributed by atoms with Crippen LogP contribution in [0.15, 0.2) is 97.2 Å². The molecule has 0 aliphatic rings. The van der Waals surface area contributed by atoms with Crippen molar-refractivity contribution in [2.24, 2.45) is 0 Å². The van der Waals surface area contributed by atoms with Crippen molar-refractivity contribution in [1.29, 1.82) is 0 Å². The second-order valence-electron chi connectivity index (χ2n) is 13.3. The molecule has 0 saturated heterocycles. The zero-order valence-electron chi connectivity index (χ0n) is 33.3. The summed E-state index contributed by atoms with van der Waals surface area (Å²) in [6, 6.07) is 0. The van der Waals surface area contributed by atoms with E-state index in [9.17, 15) is 14.7 Å². The van der Waals surface area contributed by atoms with Crippen molar-refractivity contribution in [3.8, 4) is 0 Å². The quantitative estimate of drug-likeness (QED) is 0.0396. The van der Waals surface area contributed by atoms with E-state index in [1.54, 1.807) is 0 Å². The van der Waals surface area contributed by atoms with E-state index in [1.807, 2.05) is 0 Å². The van der Waals surface area contributed by atoms with E-state index in [1.165, 1.54) is 44.9 Å². The number of esters is 2. The van der Waals surface area contributed by atoms with Crippen LogP contribution in [-0.2, 0) is 19.1 Å². The minimum absolute atomic E-state index is 0.0768. The fourth-order valence-corrected chi connectivity index (χ4v) is 5.27. The monoisotopic (exact) mass is 721 g/mol. The van der Waals surface area contributed by atoms with Gasteiger partial charge in [-0.15, -0.1) is 0 Å². The van der Waals surface area contributed by atoms with Gasteiger partial charge in [0.1, 0.15) is 6.61 Å². The van der Waals surface area contributed by atoms with E-state index in [0.29, 0.717) is 12.8 Å². The minimum Gasteiger partial charge on any atom is -0.462 e. The van der Waals surface area contributed by atoms with Gasteiger partial charge in [0.15, 0.2) is 6.10 Å². The minimum atomic E-state index is -0.781. The number of unbranched alkanes of at least 4 members (excludes halogenated alkanes) is 12. The van der Waals surface area contributed by atoms with E-state index in [-0.39, 0.29) is 25.2 Å². The average molecular weight is 721 g/mol. The molecule has 0 aliphatic carbocycles. The lowest BCUT2D eigenvalue weighted by Gasteiger charge is -2.15. The van der Waals surface area contributed by atoms with E-state index in [0.717, 1.165) is 96.3 Å². The van der Waals surface area contributed by atoms with Crippen LogP contribution in [0.1, 0.15) is 168 Å². The molecule has 5 nitrogen and oxygen atoms in total. The van der Waals surface area contributed by atoms with Gasteiger partial charge in [-0.25, -0.2) is 0 Å². The molecule has 0 aromatic carbocycles. The number of hydrogen-bond donors (Lipinski definition) is 1. The topological polar surface area (TPSA) is 72.8 Å². The molecule has 5 heteroatoms. The first-order chi connectivity index (χ1) is 25.6. The van der Waals surface area contributed by atoms with Gasteiger partial charge in [-0.05, 0) is 77.0 Å². The fraction of sp³-hybridized carbons (Fsp3) is 0.617. The normalized spacial score (nSPS) is 13.2. The Hall–Kier alpha value is -3.18. The van der Waals surface area contributed by atoms with Crippen molar-refractivity contribution < 1.29 is 24.2 Å². The number of aliphatic hydroxyl groups excluding tert-OH is 1.